The summed E-state index contributed by atoms with van der Waals surface area (Å²) >= 11 is 6.02. The van der Waals surface area contributed by atoms with E-state index in [2.05, 4.69) is 20.9 Å². The number of ether oxygens (including phenoxy) is 1. The van der Waals surface area contributed by atoms with Crippen LogP contribution in [-0.4, -0.2) is 29.1 Å². The van der Waals surface area contributed by atoms with E-state index < -0.39 is 0 Å². The number of hydrogen-bond acceptors (Lipinski definition) is 4. The van der Waals surface area contributed by atoms with Crippen molar-refractivity contribution in [2.24, 2.45) is 0 Å². The van der Waals surface area contributed by atoms with Crippen LogP contribution in [0.5, 0.6) is 5.75 Å². The van der Waals surface area contributed by atoms with Gasteiger partial charge in [0.25, 0.3) is 5.91 Å². The summed E-state index contributed by atoms with van der Waals surface area (Å²) in [6.45, 7) is 3.28. The molecule has 0 saturated carbocycles. The normalized spacial score (nSPS) is 10.1. The molecule has 0 spiro atoms. The van der Waals surface area contributed by atoms with Crippen LogP contribution in [0.15, 0.2) is 36.4 Å². The molecule has 0 bridgehead atoms. The van der Waals surface area contributed by atoms with Crippen molar-refractivity contribution in [3.8, 4) is 5.75 Å². The molecule has 1 heterocycles. The molecule has 0 unspecified atom stereocenters. The summed E-state index contributed by atoms with van der Waals surface area (Å²) in [5.74, 6) is 1.13. The molecule has 0 saturated heterocycles. The Morgan fingerprint density at radius 1 is 1.29 bits per heavy atom. The average Bonchev–Trinajstić information content (AvgIpc) is 2.95. The van der Waals surface area contributed by atoms with Gasteiger partial charge in [-0.15, -0.1) is 24.8 Å². The molecular formula is C19H23Cl3N4O2. The fraction of sp³-hybridized carbons (Fsp3) is 0.263. The van der Waals surface area contributed by atoms with Crippen LogP contribution < -0.4 is 15.8 Å². The van der Waals surface area contributed by atoms with Gasteiger partial charge >= 0.3 is 0 Å². The number of amides is 1. The number of nitrogens with one attached hydrogen (secondary N) is 1. The van der Waals surface area contributed by atoms with Crippen LogP contribution in [0.25, 0.3) is 11.0 Å². The van der Waals surface area contributed by atoms with Gasteiger partial charge in [0.2, 0.25) is 0 Å². The number of hydrogen-bond donors (Lipinski definition) is 2. The minimum atomic E-state index is -0.240. The smallest absolute Gasteiger partial charge is 0.255 e. The molecule has 2 aromatic carbocycles. The number of fused-ring (bicyclic) bond motifs is 1. The van der Waals surface area contributed by atoms with E-state index in [1.165, 1.54) is 13.2 Å². The van der Waals surface area contributed by atoms with Gasteiger partial charge in [0.15, 0.2) is 0 Å². The summed E-state index contributed by atoms with van der Waals surface area (Å²) in [4.78, 5) is 17.0. The van der Waals surface area contributed by atoms with Crippen LogP contribution in [-0.2, 0) is 6.54 Å². The lowest BCUT2D eigenvalue weighted by atomic mass is 10.1. The number of aromatic nitrogens is 2. The van der Waals surface area contributed by atoms with Crippen molar-refractivity contribution in [2.75, 3.05) is 19.4 Å². The Morgan fingerprint density at radius 3 is 2.71 bits per heavy atom. The summed E-state index contributed by atoms with van der Waals surface area (Å²) in [6, 6.07) is 11.1. The molecule has 0 radical (unpaired) electrons. The number of para-hydroxylation sites is 2. The Balaban J connectivity index is 0.00000196. The Bertz CT molecular complexity index is 960. The van der Waals surface area contributed by atoms with Gasteiger partial charge in [-0.25, -0.2) is 4.98 Å². The van der Waals surface area contributed by atoms with E-state index in [0.717, 1.165) is 29.8 Å². The van der Waals surface area contributed by atoms with Crippen LogP contribution in [0.4, 0.5) is 5.69 Å². The van der Waals surface area contributed by atoms with Crippen LogP contribution in [0.2, 0.25) is 5.02 Å². The van der Waals surface area contributed by atoms with Gasteiger partial charge in [0.05, 0.1) is 34.4 Å². The highest BCUT2D eigenvalue weighted by Crippen LogP contribution is 2.28. The molecular weight excluding hydrogens is 423 g/mol. The van der Waals surface area contributed by atoms with Crippen molar-refractivity contribution in [3.63, 3.8) is 0 Å². The molecule has 9 heteroatoms. The van der Waals surface area contributed by atoms with E-state index in [0.29, 0.717) is 28.6 Å². The third-order valence-electron chi connectivity index (χ3n) is 4.25. The van der Waals surface area contributed by atoms with Gasteiger partial charge in [0.1, 0.15) is 11.6 Å². The van der Waals surface area contributed by atoms with Crippen LogP contribution in [0.3, 0.4) is 0 Å². The highest BCUT2D eigenvalue weighted by atomic mass is 35.5. The van der Waals surface area contributed by atoms with Crippen molar-refractivity contribution in [2.45, 2.75) is 19.9 Å². The maximum absolute atomic E-state index is 12.4. The first-order valence-electron chi connectivity index (χ1n) is 8.34. The number of nitrogens with zero attached hydrogens (tertiary/aromatic N) is 2. The van der Waals surface area contributed by atoms with E-state index in [9.17, 15) is 4.79 Å². The van der Waals surface area contributed by atoms with Crippen molar-refractivity contribution < 1.29 is 9.53 Å². The predicted molar refractivity (Wildman–Crippen MR) is 118 cm³/mol. The molecule has 6 nitrogen and oxygen atoms in total. The number of halogens is 3. The number of methoxy groups -OCH3 is 1. The Kier molecular flexibility index (Phi) is 8.88. The summed E-state index contributed by atoms with van der Waals surface area (Å²) in [5.41, 5.74) is 8.58. The topological polar surface area (TPSA) is 82.2 Å². The summed E-state index contributed by atoms with van der Waals surface area (Å²) in [6.07, 6.45) is 0.776. The number of aryl methyl sites for hydroxylation is 2. The molecule has 3 N–H and O–H groups in total. The van der Waals surface area contributed by atoms with E-state index in [1.807, 2.05) is 25.1 Å². The highest BCUT2D eigenvalue weighted by molar-refractivity contribution is 6.33. The zero-order valence-corrected chi connectivity index (χ0v) is 18.0. The standard InChI is InChI=1S/C19H21ClN4O2.2ClH/c1-12-23-16-6-3-4-7-17(16)24(12)9-5-8-22-19(25)13-10-14(20)15(21)11-18(13)26-2;;/h3-4,6-7,10-11H,5,8-9,21H2,1-2H3,(H,22,25);2*1H. The second-order valence-electron chi connectivity index (χ2n) is 5.98. The van der Waals surface area contributed by atoms with E-state index in [1.54, 1.807) is 6.07 Å². The lowest BCUT2D eigenvalue weighted by Gasteiger charge is -2.12. The third-order valence-corrected chi connectivity index (χ3v) is 4.58. The fourth-order valence-electron chi connectivity index (χ4n) is 2.93. The Labute approximate surface area is 181 Å². The molecule has 0 aliphatic carbocycles. The van der Waals surface area contributed by atoms with Crippen molar-refractivity contribution >= 4 is 59.0 Å². The molecule has 0 aliphatic heterocycles. The minimum Gasteiger partial charge on any atom is -0.496 e. The Hall–Kier alpha value is -2.15. The molecule has 1 aromatic heterocycles. The molecule has 1 amide bonds. The number of nitrogens with two attached hydrogens (primary N) is 1. The van der Waals surface area contributed by atoms with Gasteiger partial charge in [-0.2, -0.15) is 0 Å². The quantitative estimate of drug-likeness (QED) is 0.439. The first kappa shape index (κ1) is 23.9. The van der Waals surface area contributed by atoms with Crippen molar-refractivity contribution in [1.82, 2.24) is 14.9 Å². The van der Waals surface area contributed by atoms with Crippen molar-refractivity contribution in [3.05, 3.63) is 52.8 Å². The Morgan fingerprint density at radius 2 is 2.00 bits per heavy atom. The second kappa shape index (κ2) is 10.4. The van der Waals surface area contributed by atoms with E-state index in [-0.39, 0.29) is 30.7 Å². The molecule has 152 valence electrons. The lowest BCUT2D eigenvalue weighted by molar-refractivity contribution is 0.0950. The van der Waals surface area contributed by atoms with Gasteiger partial charge < -0.3 is 20.4 Å². The highest BCUT2D eigenvalue weighted by Gasteiger charge is 2.15. The van der Waals surface area contributed by atoms with Crippen LogP contribution >= 0.6 is 36.4 Å². The monoisotopic (exact) mass is 444 g/mol. The first-order valence-corrected chi connectivity index (χ1v) is 8.72. The van der Waals surface area contributed by atoms with E-state index >= 15 is 0 Å². The third kappa shape index (κ3) is 5.01. The van der Waals surface area contributed by atoms with Crippen LogP contribution in [0.1, 0.15) is 22.6 Å². The number of anilines is 1. The molecule has 0 atom stereocenters. The molecule has 0 fully saturated rings. The lowest BCUT2D eigenvalue weighted by Crippen LogP contribution is -2.26. The predicted octanol–water partition coefficient (Wildman–Crippen LogP) is 4.25. The summed E-state index contributed by atoms with van der Waals surface area (Å²) in [7, 11) is 1.49. The molecule has 3 aromatic rings. The summed E-state index contributed by atoms with van der Waals surface area (Å²) in [5, 5.41) is 3.23. The zero-order valence-electron chi connectivity index (χ0n) is 15.6. The van der Waals surface area contributed by atoms with Crippen molar-refractivity contribution in [1.29, 1.82) is 0 Å². The molecule has 0 aliphatic rings. The zero-order chi connectivity index (χ0) is 18.7. The molecule has 3 rings (SSSR count). The number of carbonyl (C=O) groups excluding carboxylic acids is 1. The number of carbonyl (C=O) groups is 1. The largest absolute Gasteiger partial charge is 0.496 e. The van der Waals surface area contributed by atoms with E-state index in [4.69, 9.17) is 22.1 Å². The number of benzene rings is 2. The average molecular weight is 446 g/mol. The van der Waals surface area contributed by atoms with Gasteiger partial charge in [-0.1, -0.05) is 23.7 Å². The maximum atomic E-state index is 12.4. The van der Waals surface area contributed by atoms with Gasteiger partial charge in [-0.05, 0) is 31.5 Å². The maximum Gasteiger partial charge on any atom is 0.255 e. The number of rotatable bonds is 6. The fourth-order valence-corrected chi connectivity index (χ4v) is 3.09. The SMILES string of the molecule is COc1cc(N)c(Cl)cc1C(=O)NCCCn1c(C)nc2ccccc21.Cl.Cl. The molecule has 28 heavy (non-hydrogen) atoms. The first-order chi connectivity index (χ1) is 12.5. The number of nitrogen functional groups attached to an aromatic ring is 1. The van der Waals surface area contributed by atoms with Gasteiger partial charge in [-0.3, -0.25) is 4.79 Å². The number of imidazole rings is 1. The summed E-state index contributed by atoms with van der Waals surface area (Å²) < 4.78 is 7.37. The second-order valence-corrected chi connectivity index (χ2v) is 6.39. The van der Waals surface area contributed by atoms with Crippen LogP contribution in [0, 0.1) is 6.92 Å². The van der Waals surface area contributed by atoms with Gasteiger partial charge in [0, 0.05) is 19.2 Å². The minimum absolute atomic E-state index is 0.